The summed E-state index contributed by atoms with van der Waals surface area (Å²) in [6.45, 7) is 3.14. The predicted octanol–water partition coefficient (Wildman–Crippen LogP) is 1.58. The highest BCUT2D eigenvalue weighted by Crippen LogP contribution is 2.36. The van der Waals surface area contributed by atoms with Crippen molar-refractivity contribution >= 4 is 11.9 Å². The number of rotatable bonds is 5. The van der Waals surface area contributed by atoms with Crippen molar-refractivity contribution in [2.24, 2.45) is 5.41 Å². The van der Waals surface area contributed by atoms with Gasteiger partial charge in [0.05, 0.1) is 25.7 Å². The van der Waals surface area contributed by atoms with Gasteiger partial charge in [0.15, 0.2) is 0 Å². The number of carbonyl (C=O) groups is 1. The maximum Gasteiger partial charge on any atom is 0.309 e. The van der Waals surface area contributed by atoms with E-state index in [9.17, 15) is 9.90 Å². The summed E-state index contributed by atoms with van der Waals surface area (Å²) < 4.78 is 10.3. The molecule has 7 heteroatoms. The van der Waals surface area contributed by atoms with Gasteiger partial charge in [-0.1, -0.05) is 6.92 Å². The van der Waals surface area contributed by atoms with E-state index < -0.39 is 11.4 Å². The number of aromatic nitrogens is 2. The van der Waals surface area contributed by atoms with Crippen LogP contribution in [0.4, 0.5) is 5.95 Å². The van der Waals surface area contributed by atoms with Crippen LogP contribution in [0.25, 0.3) is 0 Å². The maximum absolute atomic E-state index is 11.5. The first-order chi connectivity index (χ1) is 10.0. The van der Waals surface area contributed by atoms with E-state index in [1.807, 2.05) is 11.8 Å². The predicted molar refractivity (Wildman–Crippen MR) is 76.9 cm³/mol. The number of piperidine rings is 1. The Morgan fingerprint density at radius 2 is 1.81 bits per heavy atom. The fraction of sp³-hybridized carbons (Fsp3) is 0.643. The zero-order valence-corrected chi connectivity index (χ0v) is 12.6. The summed E-state index contributed by atoms with van der Waals surface area (Å²) in [6.07, 6.45) is 1.81. The van der Waals surface area contributed by atoms with Gasteiger partial charge in [-0.15, -0.1) is 0 Å². The van der Waals surface area contributed by atoms with Crippen molar-refractivity contribution in [3.05, 3.63) is 6.07 Å². The molecule has 1 aliphatic rings. The summed E-state index contributed by atoms with van der Waals surface area (Å²) in [7, 11) is 3.07. The highest BCUT2D eigenvalue weighted by atomic mass is 16.5. The Kier molecular flexibility index (Phi) is 4.50. The van der Waals surface area contributed by atoms with E-state index in [1.165, 1.54) is 14.2 Å². The summed E-state index contributed by atoms with van der Waals surface area (Å²) in [5.41, 5.74) is -0.626. The summed E-state index contributed by atoms with van der Waals surface area (Å²) in [6, 6.07) is 1.61. The van der Waals surface area contributed by atoms with Gasteiger partial charge in [-0.3, -0.25) is 4.79 Å². The molecule has 0 saturated carbocycles. The van der Waals surface area contributed by atoms with Crippen LogP contribution in [-0.4, -0.2) is 48.4 Å². The molecule has 1 aliphatic heterocycles. The van der Waals surface area contributed by atoms with Gasteiger partial charge >= 0.3 is 5.97 Å². The normalized spacial score (nSPS) is 17.4. The lowest BCUT2D eigenvalue weighted by molar-refractivity contribution is -0.150. The van der Waals surface area contributed by atoms with Crippen LogP contribution in [0.5, 0.6) is 11.8 Å². The molecule has 1 saturated heterocycles. The third-order valence-corrected chi connectivity index (χ3v) is 4.22. The fourth-order valence-electron chi connectivity index (χ4n) is 2.60. The van der Waals surface area contributed by atoms with E-state index in [-0.39, 0.29) is 0 Å². The monoisotopic (exact) mass is 295 g/mol. The number of anilines is 1. The molecule has 116 valence electrons. The van der Waals surface area contributed by atoms with Crippen molar-refractivity contribution in [3.8, 4) is 11.8 Å². The Morgan fingerprint density at radius 1 is 1.29 bits per heavy atom. The van der Waals surface area contributed by atoms with Crippen LogP contribution in [-0.2, 0) is 4.79 Å². The van der Waals surface area contributed by atoms with Gasteiger partial charge in [-0.05, 0) is 19.3 Å². The fourth-order valence-corrected chi connectivity index (χ4v) is 2.60. The van der Waals surface area contributed by atoms with Crippen LogP contribution < -0.4 is 14.4 Å². The van der Waals surface area contributed by atoms with Crippen LogP contribution in [0.3, 0.4) is 0 Å². The number of nitrogens with zero attached hydrogens (tertiary/aromatic N) is 3. The SMILES string of the molecule is CCC1(C(=O)O)CCN(c2nc(OC)cc(OC)n2)CC1. The van der Waals surface area contributed by atoms with Crippen LogP contribution in [0, 0.1) is 5.41 Å². The average Bonchev–Trinajstić information content (AvgIpc) is 2.54. The third-order valence-electron chi connectivity index (χ3n) is 4.22. The second-order valence-corrected chi connectivity index (χ2v) is 5.18. The molecule has 21 heavy (non-hydrogen) atoms. The van der Waals surface area contributed by atoms with Crippen molar-refractivity contribution in [1.82, 2.24) is 9.97 Å². The van der Waals surface area contributed by atoms with Crippen LogP contribution in [0.2, 0.25) is 0 Å². The first-order valence-corrected chi connectivity index (χ1v) is 7.00. The average molecular weight is 295 g/mol. The Bertz CT molecular complexity index is 491. The molecule has 0 atom stereocenters. The number of aliphatic carboxylic acids is 1. The Labute approximate surface area is 123 Å². The van der Waals surface area contributed by atoms with Gasteiger partial charge in [-0.2, -0.15) is 9.97 Å². The Morgan fingerprint density at radius 3 is 2.19 bits per heavy atom. The van der Waals surface area contributed by atoms with Crippen molar-refractivity contribution in [3.63, 3.8) is 0 Å². The van der Waals surface area contributed by atoms with Crippen molar-refractivity contribution in [2.45, 2.75) is 26.2 Å². The molecule has 0 amide bonds. The minimum absolute atomic E-state index is 0.433. The molecule has 0 unspecified atom stereocenters. The van der Waals surface area contributed by atoms with Gasteiger partial charge < -0.3 is 19.5 Å². The quantitative estimate of drug-likeness (QED) is 0.882. The largest absolute Gasteiger partial charge is 0.481 e. The van der Waals surface area contributed by atoms with Gasteiger partial charge in [0.1, 0.15) is 0 Å². The van der Waals surface area contributed by atoms with Crippen molar-refractivity contribution < 1.29 is 19.4 Å². The van der Waals surface area contributed by atoms with Crippen molar-refractivity contribution in [2.75, 3.05) is 32.2 Å². The second-order valence-electron chi connectivity index (χ2n) is 5.18. The molecule has 1 fully saturated rings. The number of methoxy groups -OCH3 is 2. The molecule has 1 aromatic heterocycles. The molecular weight excluding hydrogens is 274 g/mol. The van der Waals surface area contributed by atoms with Crippen LogP contribution in [0.1, 0.15) is 26.2 Å². The molecular formula is C14H21N3O4. The molecule has 0 aliphatic carbocycles. The van der Waals surface area contributed by atoms with Crippen LogP contribution in [0.15, 0.2) is 6.07 Å². The van der Waals surface area contributed by atoms with Gasteiger partial charge in [0.25, 0.3) is 0 Å². The second kappa shape index (κ2) is 6.15. The standard InChI is InChI=1S/C14H21N3O4/c1-4-14(12(18)19)5-7-17(8-6-14)13-15-10(20-2)9-11(16-13)21-3/h9H,4-8H2,1-3H3,(H,18,19). The molecule has 2 rings (SSSR count). The Hall–Kier alpha value is -2.05. The highest BCUT2D eigenvalue weighted by molar-refractivity contribution is 5.75. The van der Waals surface area contributed by atoms with E-state index in [0.717, 1.165) is 0 Å². The van der Waals surface area contributed by atoms with E-state index >= 15 is 0 Å². The number of hydrogen-bond donors (Lipinski definition) is 1. The topological polar surface area (TPSA) is 84.8 Å². The summed E-state index contributed by atoms with van der Waals surface area (Å²) in [4.78, 5) is 22.1. The van der Waals surface area contributed by atoms with Crippen molar-refractivity contribution in [1.29, 1.82) is 0 Å². The molecule has 0 aromatic carbocycles. The first kappa shape index (κ1) is 15.3. The number of ether oxygens (including phenoxy) is 2. The first-order valence-electron chi connectivity index (χ1n) is 7.00. The summed E-state index contributed by atoms with van der Waals surface area (Å²) >= 11 is 0. The molecule has 7 nitrogen and oxygen atoms in total. The smallest absolute Gasteiger partial charge is 0.309 e. The minimum Gasteiger partial charge on any atom is -0.481 e. The zero-order valence-electron chi connectivity index (χ0n) is 12.6. The Balaban J connectivity index is 2.17. The molecule has 0 radical (unpaired) electrons. The van der Waals surface area contributed by atoms with Gasteiger partial charge in [0, 0.05) is 13.1 Å². The van der Waals surface area contributed by atoms with Gasteiger partial charge in [-0.25, -0.2) is 0 Å². The van der Waals surface area contributed by atoms with E-state index in [0.29, 0.717) is 50.1 Å². The van der Waals surface area contributed by atoms with E-state index in [4.69, 9.17) is 9.47 Å². The van der Waals surface area contributed by atoms with Gasteiger partial charge in [0.2, 0.25) is 17.7 Å². The minimum atomic E-state index is -0.714. The van der Waals surface area contributed by atoms with Crippen LogP contribution >= 0.6 is 0 Å². The maximum atomic E-state index is 11.5. The molecule has 2 heterocycles. The van der Waals surface area contributed by atoms with E-state index in [2.05, 4.69) is 9.97 Å². The summed E-state index contributed by atoms with van der Waals surface area (Å²) in [5.74, 6) is 0.667. The number of carboxylic acid groups (broad SMARTS) is 1. The lowest BCUT2D eigenvalue weighted by atomic mass is 9.76. The molecule has 1 N–H and O–H groups in total. The zero-order chi connectivity index (χ0) is 15.5. The summed E-state index contributed by atoms with van der Waals surface area (Å²) in [5, 5.41) is 9.42. The third kappa shape index (κ3) is 3.01. The lowest BCUT2D eigenvalue weighted by Gasteiger charge is -2.38. The highest BCUT2D eigenvalue weighted by Gasteiger charge is 2.40. The lowest BCUT2D eigenvalue weighted by Crippen LogP contribution is -2.44. The molecule has 1 aromatic rings. The molecule has 0 spiro atoms. The molecule has 0 bridgehead atoms. The van der Waals surface area contributed by atoms with E-state index in [1.54, 1.807) is 6.07 Å². The number of hydrogen-bond acceptors (Lipinski definition) is 6. The number of carboxylic acids is 1.